The molecule has 4 nitrogen and oxygen atoms in total. The fourth-order valence-electron chi connectivity index (χ4n) is 4.97. The van der Waals surface area contributed by atoms with Gasteiger partial charge in [-0.2, -0.15) is 26.3 Å². The van der Waals surface area contributed by atoms with Crippen LogP contribution in [0.4, 0.5) is 26.3 Å². The van der Waals surface area contributed by atoms with Gasteiger partial charge in [-0.05, 0) is 56.3 Å². The maximum absolute atomic E-state index is 13.7. The zero-order chi connectivity index (χ0) is 18.8. The molecule has 0 radical (unpaired) electrons. The number of carboxylic acids is 1. The third kappa shape index (κ3) is 2.59. The van der Waals surface area contributed by atoms with E-state index in [1.54, 1.807) is 0 Å². The van der Waals surface area contributed by atoms with Crippen molar-refractivity contribution in [3.8, 4) is 0 Å². The van der Waals surface area contributed by atoms with Gasteiger partial charge in [-0.1, -0.05) is 0 Å². The first-order valence-electron chi connectivity index (χ1n) is 7.91. The predicted molar refractivity (Wildman–Crippen MR) is 69.2 cm³/mol. The summed E-state index contributed by atoms with van der Waals surface area (Å²) in [7, 11) is 0. The lowest BCUT2D eigenvalue weighted by Gasteiger charge is -2.55. The van der Waals surface area contributed by atoms with Crippen molar-refractivity contribution >= 4 is 11.9 Å². The van der Waals surface area contributed by atoms with Crippen LogP contribution < -0.4 is 0 Å². The first kappa shape index (κ1) is 18.3. The summed E-state index contributed by atoms with van der Waals surface area (Å²) in [5.41, 5.74) is -1.37. The van der Waals surface area contributed by atoms with Gasteiger partial charge in [-0.25, -0.2) is 4.79 Å². The molecule has 0 heterocycles. The lowest BCUT2D eigenvalue weighted by Crippen LogP contribution is -2.61. The van der Waals surface area contributed by atoms with Crippen molar-refractivity contribution in [1.29, 1.82) is 0 Å². The molecule has 0 unspecified atom stereocenters. The Kier molecular flexibility index (Phi) is 3.85. The topological polar surface area (TPSA) is 63.6 Å². The average molecular weight is 374 g/mol. The van der Waals surface area contributed by atoms with Crippen LogP contribution in [-0.2, 0) is 14.3 Å². The van der Waals surface area contributed by atoms with Crippen LogP contribution in [0.1, 0.15) is 38.5 Å². The van der Waals surface area contributed by atoms with E-state index in [1.165, 1.54) is 0 Å². The molecule has 0 aromatic carbocycles. The minimum atomic E-state index is -6.37. The van der Waals surface area contributed by atoms with E-state index in [0.717, 1.165) is 19.3 Å². The van der Waals surface area contributed by atoms with Crippen molar-refractivity contribution in [2.24, 2.45) is 23.2 Å². The van der Waals surface area contributed by atoms with Crippen molar-refractivity contribution in [3.05, 3.63) is 0 Å². The smallest absolute Gasteiger partial charge is 0.473 e. The number of rotatable bonds is 5. The highest BCUT2D eigenvalue weighted by Gasteiger charge is 2.78. The minimum Gasteiger partial charge on any atom is -0.477 e. The van der Waals surface area contributed by atoms with Crippen LogP contribution in [0.15, 0.2) is 0 Å². The number of carboxylic acid groups (broad SMARTS) is 1. The first-order chi connectivity index (χ1) is 11.3. The SMILES string of the molecule is O=C(OC(F)(F)C(F)(F)C(F)(F)C(=O)O)C12CC3CC(CC(C3)C1)C2. The number of hydrogen-bond donors (Lipinski definition) is 1. The lowest BCUT2D eigenvalue weighted by molar-refractivity contribution is -0.381. The highest BCUT2D eigenvalue weighted by atomic mass is 19.3. The molecule has 0 spiro atoms. The molecule has 4 fully saturated rings. The first-order valence-corrected chi connectivity index (χ1v) is 7.91. The fourth-order valence-corrected chi connectivity index (χ4v) is 4.97. The largest absolute Gasteiger partial charge is 0.477 e. The van der Waals surface area contributed by atoms with Crippen molar-refractivity contribution < 1.29 is 45.8 Å². The highest BCUT2D eigenvalue weighted by molar-refractivity contribution is 5.79. The molecule has 1 N–H and O–H groups in total. The summed E-state index contributed by atoms with van der Waals surface area (Å²) in [5, 5.41) is 8.10. The summed E-state index contributed by atoms with van der Waals surface area (Å²) in [5.74, 6) is -17.2. The van der Waals surface area contributed by atoms with E-state index in [2.05, 4.69) is 4.74 Å². The lowest BCUT2D eigenvalue weighted by atomic mass is 9.49. The van der Waals surface area contributed by atoms with Crippen molar-refractivity contribution in [3.63, 3.8) is 0 Å². The van der Waals surface area contributed by atoms with E-state index in [1.807, 2.05) is 0 Å². The Morgan fingerprint density at radius 1 is 0.880 bits per heavy atom. The number of carbonyl (C=O) groups excluding carboxylic acids is 1. The molecule has 10 heteroatoms. The molecule has 4 aliphatic carbocycles. The third-order valence-electron chi connectivity index (χ3n) is 5.72. The number of carbonyl (C=O) groups is 2. The second-order valence-electron chi connectivity index (χ2n) is 7.56. The molecular formula is C15H16F6O4. The van der Waals surface area contributed by atoms with Crippen molar-refractivity contribution in [2.45, 2.75) is 56.5 Å². The summed E-state index contributed by atoms with van der Waals surface area (Å²) in [4.78, 5) is 22.4. The van der Waals surface area contributed by atoms with Gasteiger partial charge < -0.3 is 9.84 Å². The maximum atomic E-state index is 13.7. The number of esters is 1. The van der Waals surface area contributed by atoms with E-state index in [9.17, 15) is 35.9 Å². The Bertz CT molecular complexity index is 568. The second kappa shape index (κ2) is 5.26. The van der Waals surface area contributed by atoms with E-state index >= 15 is 0 Å². The highest BCUT2D eigenvalue weighted by Crippen LogP contribution is 2.61. The monoisotopic (exact) mass is 374 g/mol. The molecule has 4 bridgehead atoms. The molecule has 4 saturated carbocycles. The number of aliphatic carboxylic acids is 1. The zero-order valence-electron chi connectivity index (χ0n) is 12.9. The Labute approximate surface area is 138 Å². The number of alkyl halides is 6. The fraction of sp³-hybridized carbons (Fsp3) is 0.867. The van der Waals surface area contributed by atoms with Gasteiger partial charge in [0.1, 0.15) is 0 Å². The van der Waals surface area contributed by atoms with Crippen LogP contribution in [-0.4, -0.2) is 35.0 Å². The number of hydrogen-bond acceptors (Lipinski definition) is 3. The van der Waals surface area contributed by atoms with E-state index in [4.69, 9.17) is 5.11 Å². The summed E-state index contributed by atoms with van der Waals surface area (Å²) < 4.78 is 83.7. The van der Waals surface area contributed by atoms with Gasteiger partial charge in [0.25, 0.3) is 0 Å². The molecule has 0 atom stereocenters. The molecule has 0 saturated heterocycles. The van der Waals surface area contributed by atoms with E-state index < -0.39 is 35.3 Å². The summed E-state index contributed by atoms with van der Waals surface area (Å²) in [6, 6.07) is 0. The van der Waals surface area contributed by atoms with Crippen LogP contribution in [0.2, 0.25) is 0 Å². The molecule has 0 aliphatic heterocycles. The third-order valence-corrected chi connectivity index (χ3v) is 5.72. The molecule has 0 aromatic heterocycles. The Morgan fingerprint density at radius 2 is 1.28 bits per heavy atom. The van der Waals surface area contributed by atoms with E-state index in [0.29, 0.717) is 0 Å². The van der Waals surface area contributed by atoms with Gasteiger partial charge in [-0.15, -0.1) is 0 Å². The zero-order valence-corrected chi connectivity index (χ0v) is 12.9. The Morgan fingerprint density at radius 3 is 1.64 bits per heavy atom. The molecule has 0 aromatic rings. The van der Waals surface area contributed by atoms with Crippen LogP contribution >= 0.6 is 0 Å². The summed E-state index contributed by atoms with van der Waals surface area (Å²) >= 11 is 0. The van der Waals surface area contributed by atoms with Gasteiger partial charge >= 0.3 is 29.9 Å². The number of halogens is 6. The summed E-state index contributed by atoms with van der Waals surface area (Å²) in [6.45, 7) is 0. The molecule has 4 rings (SSSR count). The van der Waals surface area contributed by atoms with Crippen LogP contribution in [0.5, 0.6) is 0 Å². The standard InChI is InChI=1S/C15H16F6O4/c16-13(17,10(22)23)14(18,19)15(20,21)25-11(24)12-4-7-1-8(5-12)3-9(2-7)6-12/h7-9H,1-6H2,(H,22,23). The van der Waals surface area contributed by atoms with Gasteiger partial charge in [0.15, 0.2) is 0 Å². The van der Waals surface area contributed by atoms with E-state index in [-0.39, 0.29) is 37.0 Å². The molecule has 25 heavy (non-hydrogen) atoms. The Balaban J connectivity index is 1.81. The number of ether oxygens (including phenoxy) is 1. The van der Waals surface area contributed by atoms with Gasteiger partial charge in [-0.3, -0.25) is 4.79 Å². The molecular weight excluding hydrogens is 358 g/mol. The normalized spacial score (nSPS) is 34.9. The quantitative estimate of drug-likeness (QED) is 0.589. The van der Waals surface area contributed by atoms with Crippen LogP contribution in [0, 0.1) is 23.2 Å². The predicted octanol–water partition coefficient (Wildman–Crippen LogP) is 3.69. The maximum Gasteiger partial charge on any atom is 0.473 e. The molecule has 142 valence electrons. The van der Waals surface area contributed by atoms with Gasteiger partial charge in [0, 0.05) is 0 Å². The molecule has 4 aliphatic rings. The Hall–Kier alpha value is -1.48. The van der Waals surface area contributed by atoms with Crippen molar-refractivity contribution in [1.82, 2.24) is 0 Å². The minimum absolute atomic E-state index is 0.105. The average Bonchev–Trinajstić information content (AvgIpc) is 2.44. The van der Waals surface area contributed by atoms with Gasteiger partial charge in [0.2, 0.25) is 0 Å². The van der Waals surface area contributed by atoms with Gasteiger partial charge in [0.05, 0.1) is 5.41 Å². The molecule has 0 amide bonds. The van der Waals surface area contributed by atoms with Crippen LogP contribution in [0.25, 0.3) is 0 Å². The second-order valence-corrected chi connectivity index (χ2v) is 7.56. The van der Waals surface area contributed by atoms with Crippen molar-refractivity contribution in [2.75, 3.05) is 0 Å². The van der Waals surface area contributed by atoms with Crippen LogP contribution in [0.3, 0.4) is 0 Å². The summed E-state index contributed by atoms with van der Waals surface area (Å²) in [6.07, 6.45) is -2.84.